The van der Waals surface area contributed by atoms with Gasteiger partial charge in [-0.2, -0.15) is 0 Å². The molecule has 0 bridgehead atoms. The van der Waals surface area contributed by atoms with E-state index >= 15 is 0 Å². The van der Waals surface area contributed by atoms with Crippen LogP contribution in [0.3, 0.4) is 0 Å². The summed E-state index contributed by atoms with van der Waals surface area (Å²) in [6, 6.07) is 5.54. The molecule has 2 N–H and O–H groups in total. The van der Waals surface area contributed by atoms with Gasteiger partial charge in [-0.3, -0.25) is 4.90 Å². The molecule has 19 heavy (non-hydrogen) atoms. The van der Waals surface area contributed by atoms with E-state index in [1.54, 1.807) is 12.1 Å². The third kappa shape index (κ3) is 3.25. The molecule has 1 fully saturated rings. The molecule has 1 aromatic carbocycles. The molecule has 106 valence electrons. The molecule has 1 aliphatic rings. The number of nitrogens with two attached hydrogens (primary N) is 1. The molecule has 0 aliphatic carbocycles. The van der Waals surface area contributed by atoms with Crippen molar-refractivity contribution in [1.82, 2.24) is 4.90 Å². The van der Waals surface area contributed by atoms with Crippen molar-refractivity contribution in [3.05, 3.63) is 29.6 Å². The van der Waals surface area contributed by atoms with E-state index in [9.17, 15) is 4.39 Å². The van der Waals surface area contributed by atoms with Crippen molar-refractivity contribution >= 4 is 0 Å². The molecular weight excluding hydrogens is 243 g/mol. The standard InChI is InChI=1S/C15H23FN2O/c1-10(2)19-15-5-4-12(7-13(15)16)14-6-11(8-17)9-18(14)3/h4-5,7,10-11,14H,6,8-9,17H2,1-3H3. The first-order valence-electron chi connectivity index (χ1n) is 6.87. The van der Waals surface area contributed by atoms with Gasteiger partial charge in [0, 0.05) is 12.6 Å². The summed E-state index contributed by atoms with van der Waals surface area (Å²) in [5.74, 6) is 0.551. The molecule has 0 amide bonds. The minimum atomic E-state index is -0.282. The fraction of sp³-hybridized carbons (Fsp3) is 0.600. The highest BCUT2D eigenvalue weighted by Crippen LogP contribution is 2.35. The molecule has 0 saturated carbocycles. The predicted octanol–water partition coefficient (Wildman–Crippen LogP) is 2.56. The van der Waals surface area contributed by atoms with Crippen molar-refractivity contribution in [2.45, 2.75) is 32.4 Å². The summed E-state index contributed by atoms with van der Waals surface area (Å²) in [6.45, 7) is 5.46. The van der Waals surface area contributed by atoms with Gasteiger partial charge in [-0.05, 0) is 57.5 Å². The van der Waals surface area contributed by atoms with Crippen LogP contribution >= 0.6 is 0 Å². The van der Waals surface area contributed by atoms with Crippen molar-refractivity contribution in [1.29, 1.82) is 0 Å². The lowest BCUT2D eigenvalue weighted by molar-refractivity contribution is 0.230. The number of benzene rings is 1. The molecule has 0 aromatic heterocycles. The van der Waals surface area contributed by atoms with Crippen LogP contribution in [-0.2, 0) is 0 Å². The van der Waals surface area contributed by atoms with Gasteiger partial charge >= 0.3 is 0 Å². The van der Waals surface area contributed by atoms with Crippen LogP contribution in [0.2, 0.25) is 0 Å². The Hall–Kier alpha value is -1.13. The van der Waals surface area contributed by atoms with Crippen LogP contribution in [0.5, 0.6) is 5.75 Å². The second-order valence-electron chi connectivity index (χ2n) is 5.65. The number of rotatable bonds is 4. The van der Waals surface area contributed by atoms with E-state index in [-0.39, 0.29) is 18.0 Å². The minimum Gasteiger partial charge on any atom is -0.488 e. The van der Waals surface area contributed by atoms with Crippen molar-refractivity contribution in [3.63, 3.8) is 0 Å². The molecule has 2 atom stereocenters. The fourth-order valence-electron chi connectivity index (χ4n) is 2.74. The third-order valence-corrected chi connectivity index (χ3v) is 3.67. The number of hydrogen-bond acceptors (Lipinski definition) is 3. The molecular formula is C15H23FN2O. The van der Waals surface area contributed by atoms with Crippen LogP contribution in [0.4, 0.5) is 4.39 Å². The third-order valence-electron chi connectivity index (χ3n) is 3.67. The molecule has 2 rings (SSSR count). The normalized spacial score (nSPS) is 24.1. The van der Waals surface area contributed by atoms with Gasteiger partial charge in [0.1, 0.15) is 0 Å². The molecule has 3 nitrogen and oxygen atoms in total. The highest BCUT2D eigenvalue weighted by molar-refractivity contribution is 5.31. The van der Waals surface area contributed by atoms with Crippen LogP contribution in [0.15, 0.2) is 18.2 Å². The Morgan fingerprint density at radius 3 is 2.74 bits per heavy atom. The van der Waals surface area contributed by atoms with Crippen LogP contribution < -0.4 is 10.5 Å². The lowest BCUT2D eigenvalue weighted by Gasteiger charge is -2.20. The van der Waals surface area contributed by atoms with Gasteiger partial charge in [0.25, 0.3) is 0 Å². The maximum Gasteiger partial charge on any atom is 0.165 e. The molecule has 0 spiro atoms. The van der Waals surface area contributed by atoms with Crippen LogP contribution in [0.25, 0.3) is 0 Å². The van der Waals surface area contributed by atoms with Crippen molar-refractivity contribution in [2.75, 3.05) is 20.1 Å². The number of nitrogens with zero attached hydrogens (tertiary/aromatic N) is 1. The van der Waals surface area contributed by atoms with Gasteiger partial charge in [-0.25, -0.2) is 4.39 Å². The summed E-state index contributed by atoms with van der Waals surface area (Å²) in [7, 11) is 2.07. The van der Waals surface area contributed by atoms with E-state index in [0.29, 0.717) is 18.2 Å². The monoisotopic (exact) mass is 266 g/mol. The van der Waals surface area contributed by atoms with E-state index < -0.39 is 0 Å². The summed E-state index contributed by atoms with van der Waals surface area (Å²) in [5, 5.41) is 0. The van der Waals surface area contributed by atoms with Gasteiger partial charge in [0.05, 0.1) is 6.10 Å². The largest absolute Gasteiger partial charge is 0.488 e. The van der Waals surface area contributed by atoms with E-state index in [2.05, 4.69) is 11.9 Å². The van der Waals surface area contributed by atoms with E-state index in [1.165, 1.54) is 0 Å². The molecule has 1 aliphatic heterocycles. The van der Waals surface area contributed by atoms with Crippen molar-refractivity contribution < 1.29 is 9.13 Å². The van der Waals surface area contributed by atoms with Crippen molar-refractivity contribution in [3.8, 4) is 5.75 Å². The molecule has 0 radical (unpaired) electrons. The number of likely N-dealkylation sites (tertiary alicyclic amines) is 1. The molecule has 1 aromatic rings. The molecule has 2 unspecified atom stereocenters. The number of ether oxygens (including phenoxy) is 1. The Balaban J connectivity index is 2.16. The summed E-state index contributed by atoms with van der Waals surface area (Å²) >= 11 is 0. The van der Waals surface area contributed by atoms with Gasteiger partial charge in [0.2, 0.25) is 0 Å². The Labute approximate surface area is 114 Å². The quantitative estimate of drug-likeness (QED) is 0.910. The van der Waals surface area contributed by atoms with Crippen molar-refractivity contribution in [2.24, 2.45) is 11.7 Å². The maximum absolute atomic E-state index is 14.0. The molecule has 1 heterocycles. The summed E-state index contributed by atoms with van der Waals surface area (Å²) in [6.07, 6.45) is 0.979. The lowest BCUT2D eigenvalue weighted by Crippen LogP contribution is -2.20. The summed E-state index contributed by atoms with van der Waals surface area (Å²) in [4.78, 5) is 2.25. The zero-order valence-electron chi connectivity index (χ0n) is 11.9. The predicted molar refractivity (Wildman–Crippen MR) is 74.7 cm³/mol. The van der Waals surface area contributed by atoms with E-state index in [0.717, 1.165) is 18.5 Å². The number of halogens is 1. The van der Waals surface area contributed by atoms with Crippen LogP contribution in [-0.4, -0.2) is 31.1 Å². The average molecular weight is 266 g/mol. The number of hydrogen-bond donors (Lipinski definition) is 1. The summed E-state index contributed by atoms with van der Waals surface area (Å²) < 4.78 is 19.4. The first kappa shape index (κ1) is 14.3. The highest BCUT2D eigenvalue weighted by atomic mass is 19.1. The maximum atomic E-state index is 14.0. The van der Waals surface area contributed by atoms with Crippen LogP contribution in [0.1, 0.15) is 31.9 Å². The Bertz CT molecular complexity index is 436. The molecule has 1 saturated heterocycles. The Morgan fingerprint density at radius 1 is 1.47 bits per heavy atom. The topological polar surface area (TPSA) is 38.5 Å². The molecule has 4 heteroatoms. The second kappa shape index (κ2) is 5.88. The van der Waals surface area contributed by atoms with Gasteiger partial charge in [0.15, 0.2) is 11.6 Å². The fourth-order valence-corrected chi connectivity index (χ4v) is 2.74. The minimum absolute atomic E-state index is 0.0175. The Morgan fingerprint density at radius 2 is 2.21 bits per heavy atom. The smallest absolute Gasteiger partial charge is 0.165 e. The lowest BCUT2D eigenvalue weighted by atomic mass is 10.00. The van der Waals surface area contributed by atoms with Gasteiger partial charge < -0.3 is 10.5 Å². The zero-order chi connectivity index (χ0) is 14.0. The zero-order valence-corrected chi connectivity index (χ0v) is 11.9. The highest BCUT2D eigenvalue weighted by Gasteiger charge is 2.30. The van der Waals surface area contributed by atoms with Gasteiger partial charge in [-0.15, -0.1) is 0 Å². The van der Waals surface area contributed by atoms with E-state index in [4.69, 9.17) is 10.5 Å². The van der Waals surface area contributed by atoms with Crippen LogP contribution in [0, 0.1) is 11.7 Å². The average Bonchev–Trinajstić information content (AvgIpc) is 2.73. The SMILES string of the molecule is CC(C)Oc1ccc(C2CC(CN)CN2C)cc1F. The van der Waals surface area contributed by atoms with E-state index in [1.807, 2.05) is 19.9 Å². The summed E-state index contributed by atoms with van der Waals surface area (Å²) in [5.41, 5.74) is 6.73. The van der Waals surface area contributed by atoms with Gasteiger partial charge in [-0.1, -0.05) is 6.07 Å². The Kier molecular flexibility index (Phi) is 4.42. The second-order valence-corrected chi connectivity index (χ2v) is 5.65. The first-order chi connectivity index (χ1) is 9.01. The first-order valence-corrected chi connectivity index (χ1v) is 6.87.